The molecule has 2 aromatic rings. The first-order chi connectivity index (χ1) is 16.7. The van der Waals surface area contributed by atoms with Gasteiger partial charge in [0.2, 0.25) is 5.91 Å². The molecule has 1 saturated carbocycles. The number of amides is 2. The molecule has 0 bridgehead atoms. The molecule has 2 aliphatic carbocycles. The lowest BCUT2D eigenvalue weighted by Crippen LogP contribution is -2.49. The number of benzene rings is 2. The number of nitrogens with zero attached hydrogens (tertiary/aromatic N) is 1. The predicted molar refractivity (Wildman–Crippen MR) is 122 cm³/mol. The van der Waals surface area contributed by atoms with Crippen LogP contribution in [0.4, 0.5) is 13.6 Å². The zero-order valence-corrected chi connectivity index (χ0v) is 19.0. The SMILES string of the molecule is O=C(N[C@@H]1CCC[C@@H]1C(=O)N1CC(F)(F)C[C@H]1C(=O)O)OCC1c2ccccc2-c2ccccc21. The molecule has 1 saturated heterocycles. The third kappa shape index (κ3) is 4.35. The Morgan fingerprint density at radius 3 is 2.29 bits per heavy atom. The maximum Gasteiger partial charge on any atom is 0.407 e. The van der Waals surface area contributed by atoms with Crippen molar-refractivity contribution in [3.05, 3.63) is 59.7 Å². The number of ether oxygens (including phenoxy) is 1. The van der Waals surface area contributed by atoms with Gasteiger partial charge in [-0.2, -0.15) is 0 Å². The van der Waals surface area contributed by atoms with Crippen molar-refractivity contribution < 1.29 is 33.0 Å². The van der Waals surface area contributed by atoms with Gasteiger partial charge in [-0.25, -0.2) is 18.4 Å². The number of alkyl carbamates (subject to hydrolysis) is 1. The molecule has 9 heteroatoms. The molecule has 1 aliphatic heterocycles. The topological polar surface area (TPSA) is 95.9 Å². The maximum atomic E-state index is 13.9. The molecule has 0 radical (unpaired) electrons. The number of rotatable bonds is 5. The van der Waals surface area contributed by atoms with Crippen molar-refractivity contribution in [3.8, 4) is 11.1 Å². The van der Waals surface area contributed by atoms with Crippen LogP contribution in [-0.4, -0.2) is 59.1 Å². The van der Waals surface area contributed by atoms with E-state index in [0.29, 0.717) is 19.3 Å². The number of carboxylic acids is 1. The van der Waals surface area contributed by atoms with Gasteiger partial charge in [-0.1, -0.05) is 55.0 Å². The normalized spacial score (nSPS) is 24.6. The number of aliphatic carboxylic acids is 1. The molecule has 2 aromatic carbocycles. The van der Waals surface area contributed by atoms with Crippen molar-refractivity contribution in [2.75, 3.05) is 13.2 Å². The molecule has 0 spiro atoms. The van der Waals surface area contributed by atoms with Crippen LogP contribution in [-0.2, 0) is 14.3 Å². The number of carboxylic acid groups (broad SMARTS) is 1. The molecule has 7 nitrogen and oxygen atoms in total. The van der Waals surface area contributed by atoms with Gasteiger partial charge in [-0.05, 0) is 35.1 Å². The number of carbonyl (C=O) groups is 3. The average Bonchev–Trinajstić information content (AvgIpc) is 3.51. The first-order valence-corrected chi connectivity index (χ1v) is 11.8. The molecule has 5 rings (SSSR count). The standard InChI is InChI=1S/C26H26F2N2O5/c27-26(28)12-22(24(32)33)30(14-26)23(31)19-10-5-11-21(19)29-25(34)35-13-20-17-8-3-1-6-15(17)16-7-2-4-9-18(16)20/h1-4,6-9,19-22H,5,10-14H2,(H,29,34)(H,32,33)/t19-,21+,22-/m0/s1. The summed E-state index contributed by atoms with van der Waals surface area (Å²) in [5, 5.41) is 12.0. The molecule has 2 fully saturated rings. The molecule has 2 amide bonds. The van der Waals surface area contributed by atoms with Crippen LogP contribution in [0.25, 0.3) is 11.1 Å². The van der Waals surface area contributed by atoms with Gasteiger partial charge in [-0.15, -0.1) is 0 Å². The second-order valence-corrected chi connectivity index (χ2v) is 9.49. The van der Waals surface area contributed by atoms with E-state index in [4.69, 9.17) is 4.74 Å². The fourth-order valence-corrected chi connectivity index (χ4v) is 5.70. The molecule has 184 valence electrons. The highest BCUT2D eigenvalue weighted by molar-refractivity contribution is 5.87. The highest BCUT2D eigenvalue weighted by Crippen LogP contribution is 2.44. The van der Waals surface area contributed by atoms with E-state index in [2.05, 4.69) is 5.32 Å². The Bertz CT molecular complexity index is 1120. The molecule has 2 N–H and O–H groups in total. The molecule has 3 atom stereocenters. The summed E-state index contributed by atoms with van der Waals surface area (Å²) >= 11 is 0. The van der Waals surface area contributed by atoms with Crippen LogP contribution < -0.4 is 5.32 Å². The van der Waals surface area contributed by atoms with Crippen LogP contribution >= 0.6 is 0 Å². The summed E-state index contributed by atoms with van der Waals surface area (Å²) in [7, 11) is 0. The fourth-order valence-electron chi connectivity index (χ4n) is 5.70. The van der Waals surface area contributed by atoms with Crippen molar-refractivity contribution >= 4 is 18.0 Å². The monoisotopic (exact) mass is 484 g/mol. The molecule has 3 aliphatic rings. The van der Waals surface area contributed by atoms with Crippen LogP contribution in [0.5, 0.6) is 0 Å². The number of halogens is 2. The van der Waals surface area contributed by atoms with Gasteiger partial charge in [0, 0.05) is 18.4 Å². The van der Waals surface area contributed by atoms with Gasteiger partial charge in [0.1, 0.15) is 12.6 Å². The van der Waals surface area contributed by atoms with Crippen LogP contribution in [0.15, 0.2) is 48.5 Å². The Kier molecular flexibility index (Phi) is 5.94. The minimum Gasteiger partial charge on any atom is -0.480 e. The third-order valence-electron chi connectivity index (χ3n) is 7.32. The van der Waals surface area contributed by atoms with E-state index in [9.17, 15) is 28.3 Å². The molecular weight excluding hydrogens is 458 g/mol. The molecule has 35 heavy (non-hydrogen) atoms. The van der Waals surface area contributed by atoms with E-state index in [1.54, 1.807) is 0 Å². The van der Waals surface area contributed by atoms with Crippen molar-refractivity contribution in [2.45, 2.75) is 49.6 Å². The summed E-state index contributed by atoms with van der Waals surface area (Å²) in [4.78, 5) is 37.9. The Labute approximate surface area is 201 Å². The number of hydrogen-bond donors (Lipinski definition) is 2. The first kappa shape index (κ1) is 23.3. The lowest BCUT2D eigenvalue weighted by molar-refractivity contribution is -0.150. The number of fused-ring (bicyclic) bond motifs is 3. The highest BCUT2D eigenvalue weighted by atomic mass is 19.3. The third-order valence-corrected chi connectivity index (χ3v) is 7.32. The quantitative estimate of drug-likeness (QED) is 0.669. The van der Waals surface area contributed by atoms with E-state index in [1.165, 1.54) is 0 Å². The Hall–Kier alpha value is -3.49. The first-order valence-electron chi connectivity index (χ1n) is 11.8. The predicted octanol–water partition coefficient (Wildman–Crippen LogP) is 4.01. The van der Waals surface area contributed by atoms with Crippen LogP contribution in [0.1, 0.15) is 42.7 Å². The summed E-state index contributed by atoms with van der Waals surface area (Å²) in [5.74, 6) is -6.22. The summed E-state index contributed by atoms with van der Waals surface area (Å²) in [6.45, 7) is -0.804. The molecule has 0 unspecified atom stereocenters. The largest absolute Gasteiger partial charge is 0.480 e. The lowest BCUT2D eigenvalue weighted by atomic mass is 9.98. The average molecular weight is 484 g/mol. The Morgan fingerprint density at radius 2 is 1.66 bits per heavy atom. The second-order valence-electron chi connectivity index (χ2n) is 9.49. The number of carbonyl (C=O) groups excluding carboxylic acids is 2. The summed E-state index contributed by atoms with van der Waals surface area (Å²) in [6, 6.07) is 13.8. The maximum absolute atomic E-state index is 13.9. The van der Waals surface area contributed by atoms with Crippen molar-refractivity contribution in [3.63, 3.8) is 0 Å². The van der Waals surface area contributed by atoms with E-state index in [1.807, 2.05) is 48.5 Å². The van der Waals surface area contributed by atoms with Crippen molar-refractivity contribution in [1.82, 2.24) is 10.2 Å². The van der Waals surface area contributed by atoms with Gasteiger partial charge in [-0.3, -0.25) is 4.79 Å². The Morgan fingerprint density at radius 1 is 1.03 bits per heavy atom. The zero-order chi connectivity index (χ0) is 24.7. The minimum atomic E-state index is -3.24. The van der Waals surface area contributed by atoms with Gasteiger partial charge in [0.25, 0.3) is 5.92 Å². The number of nitrogens with one attached hydrogen (secondary N) is 1. The van der Waals surface area contributed by atoms with E-state index in [0.717, 1.165) is 27.2 Å². The highest BCUT2D eigenvalue weighted by Gasteiger charge is 2.52. The summed E-state index contributed by atoms with van der Waals surface area (Å²) < 4.78 is 33.3. The van der Waals surface area contributed by atoms with E-state index in [-0.39, 0.29) is 12.5 Å². The summed E-state index contributed by atoms with van der Waals surface area (Å²) in [5.41, 5.74) is 4.36. The lowest BCUT2D eigenvalue weighted by Gasteiger charge is -2.27. The van der Waals surface area contributed by atoms with Crippen LogP contribution in [0, 0.1) is 5.92 Å². The molecule has 0 aromatic heterocycles. The van der Waals surface area contributed by atoms with Gasteiger partial charge >= 0.3 is 12.1 Å². The van der Waals surface area contributed by atoms with Crippen molar-refractivity contribution in [1.29, 1.82) is 0 Å². The number of likely N-dealkylation sites (tertiary alicyclic amines) is 1. The number of alkyl halides is 2. The van der Waals surface area contributed by atoms with E-state index >= 15 is 0 Å². The van der Waals surface area contributed by atoms with Gasteiger partial charge in [0.15, 0.2) is 0 Å². The van der Waals surface area contributed by atoms with Crippen molar-refractivity contribution in [2.24, 2.45) is 5.92 Å². The smallest absolute Gasteiger partial charge is 0.407 e. The van der Waals surface area contributed by atoms with Gasteiger partial charge in [0.05, 0.1) is 12.5 Å². The number of hydrogen-bond acceptors (Lipinski definition) is 4. The minimum absolute atomic E-state index is 0.114. The molecular formula is C26H26F2N2O5. The van der Waals surface area contributed by atoms with Crippen LogP contribution in [0.2, 0.25) is 0 Å². The van der Waals surface area contributed by atoms with Crippen LogP contribution in [0.3, 0.4) is 0 Å². The van der Waals surface area contributed by atoms with E-state index < -0.39 is 54.9 Å². The zero-order valence-electron chi connectivity index (χ0n) is 19.0. The second kappa shape index (κ2) is 8.94. The fraction of sp³-hybridized carbons (Fsp3) is 0.423. The Balaban J connectivity index is 1.24. The van der Waals surface area contributed by atoms with Gasteiger partial charge < -0.3 is 20.1 Å². The summed E-state index contributed by atoms with van der Waals surface area (Å²) in [6.07, 6.45) is -0.0830. The molecule has 1 heterocycles.